The smallest absolute Gasteiger partial charge is 0.329 e. The number of amides is 2. The van der Waals surface area contributed by atoms with Gasteiger partial charge in [-0.15, -0.1) is 0 Å². The van der Waals surface area contributed by atoms with Crippen molar-refractivity contribution in [2.75, 3.05) is 20.2 Å². The number of esters is 1. The number of nitrogens with one attached hydrogen (secondary N) is 1. The number of rotatable bonds is 4. The molecule has 3 rings (SSSR count). The summed E-state index contributed by atoms with van der Waals surface area (Å²) in [6.07, 6.45) is 1.25. The maximum atomic E-state index is 12.1. The van der Waals surface area contributed by atoms with Crippen molar-refractivity contribution in [3.8, 4) is 5.75 Å². The van der Waals surface area contributed by atoms with Gasteiger partial charge in [0.2, 0.25) is 0 Å². The summed E-state index contributed by atoms with van der Waals surface area (Å²) in [6, 6.07) is 7.16. The number of hydrogen-bond donors (Lipinski definition) is 1. The van der Waals surface area contributed by atoms with Crippen LogP contribution >= 0.6 is 0 Å². The van der Waals surface area contributed by atoms with Crippen LogP contribution in [0, 0.1) is 0 Å². The Hall–Kier alpha value is -2.24. The first kappa shape index (κ1) is 13.7. The predicted octanol–water partition coefficient (Wildman–Crippen LogP) is 0.947. The molecule has 0 saturated carbocycles. The minimum absolute atomic E-state index is 0.116. The lowest BCUT2D eigenvalue weighted by Gasteiger charge is -2.25. The van der Waals surface area contributed by atoms with Crippen LogP contribution in [0.1, 0.15) is 12.0 Å². The highest BCUT2D eigenvalue weighted by Crippen LogP contribution is 2.28. The molecule has 2 bridgehead atoms. The van der Waals surface area contributed by atoms with E-state index in [9.17, 15) is 9.59 Å². The first-order valence-corrected chi connectivity index (χ1v) is 7.05. The molecule has 1 N–H and O–H groups in total. The zero-order chi connectivity index (χ0) is 14.8. The molecule has 2 aliphatic heterocycles. The molecule has 0 aromatic heterocycles. The number of methoxy groups -OCH3 is 1. The maximum absolute atomic E-state index is 12.1. The van der Waals surface area contributed by atoms with Crippen LogP contribution in [0.25, 0.3) is 0 Å². The lowest BCUT2D eigenvalue weighted by Crippen LogP contribution is -2.49. The highest BCUT2D eigenvalue weighted by Gasteiger charge is 2.48. The Morgan fingerprint density at radius 1 is 1.43 bits per heavy atom. The van der Waals surface area contributed by atoms with E-state index >= 15 is 0 Å². The normalized spacial score (nSPS) is 23.1. The molecule has 0 unspecified atom stereocenters. The van der Waals surface area contributed by atoms with Crippen LogP contribution in [-0.4, -0.2) is 49.2 Å². The zero-order valence-electron chi connectivity index (χ0n) is 11.9. The topological polar surface area (TPSA) is 67.9 Å². The molecule has 0 aliphatic carbocycles. The molecule has 2 amide bonds. The van der Waals surface area contributed by atoms with E-state index in [0.29, 0.717) is 19.5 Å². The van der Waals surface area contributed by atoms with Gasteiger partial charge in [0, 0.05) is 13.0 Å². The molecule has 1 aromatic rings. The highest BCUT2D eigenvalue weighted by molar-refractivity contribution is 5.86. The minimum Gasteiger partial charge on any atom is -0.497 e. The summed E-state index contributed by atoms with van der Waals surface area (Å²) in [5.41, 5.74) is 1.12. The van der Waals surface area contributed by atoms with E-state index in [-0.39, 0.29) is 18.1 Å². The number of morpholine rings is 1. The van der Waals surface area contributed by atoms with E-state index in [1.165, 1.54) is 0 Å². The second-order valence-corrected chi connectivity index (χ2v) is 5.29. The third-order valence-electron chi connectivity index (χ3n) is 3.93. The fourth-order valence-corrected chi connectivity index (χ4v) is 2.78. The molecule has 1 aromatic carbocycles. The average Bonchev–Trinajstić information content (AvgIpc) is 3.07. The third-order valence-corrected chi connectivity index (χ3v) is 3.93. The number of carbonyl (C=O) groups excluding carboxylic acids is 2. The van der Waals surface area contributed by atoms with E-state index in [2.05, 4.69) is 5.32 Å². The van der Waals surface area contributed by atoms with Crippen molar-refractivity contribution < 1.29 is 19.1 Å². The number of carbonyl (C=O) groups is 2. The van der Waals surface area contributed by atoms with E-state index in [0.717, 1.165) is 17.7 Å². The van der Waals surface area contributed by atoms with Gasteiger partial charge in [-0.1, -0.05) is 12.1 Å². The molecule has 0 radical (unpaired) electrons. The summed E-state index contributed by atoms with van der Waals surface area (Å²) in [4.78, 5) is 25.1. The van der Waals surface area contributed by atoms with Crippen LogP contribution < -0.4 is 10.1 Å². The average molecular weight is 290 g/mol. The van der Waals surface area contributed by atoms with Gasteiger partial charge in [-0.2, -0.15) is 0 Å². The molecule has 6 heteroatoms. The number of urea groups is 1. The van der Waals surface area contributed by atoms with Gasteiger partial charge in [0.25, 0.3) is 0 Å². The molecule has 0 spiro atoms. The molecule has 6 nitrogen and oxygen atoms in total. The van der Waals surface area contributed by atoms with Crippen LogP contribution in [0.15, 0.2) is 24.3 Å². The van der Waals surface area contributed by atoms with E-state index in [4.69, 9.17) is 9.47 Å². The standard InChI is InChI=1S/C15H18N2O4/c1-20-11-4-2-10(3-5-11)6-7-16-15(19)17-9-12-8-13(17)14(18)21-12/h2-5,12-13H,6-9H2,1H3,(H,16,19)/t12-,13-/m1/s1. The summed E-state index contributed by atoms with van der Waals surface area (Å²) in [6.45, 7) is 1.04. The highest BCUT2D eigenvalue weighted by atomic mass is 16.6. The first-order chi connectivity index (χ1) is 10.2. The molecule has 2 saturated heterocycles. The SMILES string of the molecule is COc1ccc(CCNC(=O)N2C[C@H]3C[C@@H]2C(=O)O3)cc1. The van der Waals surface area contributed by atoms with Crippen LogP contribution in [0.4, 0.5) is 4.79 Å². The van der Waals surface area contributed by atoms with Crippen molar-refractivity contribution in [2.45, 2.75) is 25.0 Å². The summed E-state index contributed by atoms with van der Waals surface area (Å²) >= 11 is 0. The Morgan fingerprint density at radius 2 is 2.19 bits per heavy atom. The number of fused-ring (bicyclic) bond motifs is 2. The van der Waals surface area contributed by atoms with Gasteiger partial charge < -0.3 is 19.7 Å². The molecular weight excluding hydrogens is 272 g/mol. The van der Waals surface area contributed by atoms with Gasteiger partial charge in [-0.3, -0.25) is 0 Å². The number of nitrogens with zero attached hydrogens (tertiary/aromatic N) is 1. The van der Waals surface area contributed by atoms with Crippen molar-refractivity contribution in [3.63, 3.8) is 0 Å². The summed E-state index contributed by atoms with van der Waals surface area (Å²) in [7, 11) is 1.63. The van der Waals surface area contributed by atoms with E-state index in [1.54, 1.807) is 12.0 Å². The Labute approximate surface area is 123 Å². The molecule has 112 valence electrons. The molecule has 2 atom stereocenters. The van der Waals surface area contributed by atoms with E-state index in [1.807, 2.05) is 24.3 Å². The molecular formula is C15H18N2O4. The zero-order valence-corrected chi connectivity index (χ0v) is 11.9. The van der Waals surface area contributed by atoms with Crippen LogP contribution in [-0.2, 0) is 16.0 Å². The molecule has 2 heterocycles. The number of benzene rings is 1. The van der Waals surface area contributed by atoms with Gasteiger partial charge in [0.15, 0.2) is 0 Å². The quantitative estimate of drug-likeness (QED) is 0.838. The number of ether oxygens (including phenoxy) is 2. The van der Waals surface area contributed by atoms with Crippen LogP contribution in [0.2, 0.25) is 0 Å². The fraction of sp³-hybridized carbons (Fsp3) is 0.467. The summed E-state index contributed by atoms with van der Waals surface area (Å²) in [5, 5.41) is 2.86. The van der Waals surface area contributed by atoms with Gasteiger partial charge in [0.05, 0.1) is 13.7 Å². The second-order valence-electron chi connectivity index (χ2n) is 5.29. The number of likely N-dealkylation sites (tertiary alicyclic amines) is 1. The second kappa shape index (κ2) is 5.63. The fourth-order valence-electron chi connectivity index (χ4n) is 2.78. The Morgan fingerprint density at radius 3 is 2.81 bits per heavy atom. The Kier molecular flexibility index (Phi) is 3.68. The van der Waals surface area contributed by atoms with Gasteiger partial charge in [-0.05, 0) is 24.1 Å². The maximum Gasteiger partial charge on any atom is 0.329 e. The van der Waals surface area contributed by atoms with Gasteiger partial charge >= 0.3 is 12.0 Å². The van der Waals surface area contributed by atoms with Crippen molar-refractivity contribution >= 4 is 12.0 Å². The largest absolute Gasteiger partial charge is 0.497 e. The molecule has 2 aliphatic rings. The monoisotopic (exact) mass is 290 g/mol. The summed E-state index contributed by atoms with van der Waals surface area (Å²) in [5.74, 6) is 0.533. The van der Waals surface area contributed by atoms with Crippen LogP contribution in [0.3, 0.4) is 0 Å². The lowest BCUT2D eigenvalue weighted by molar-refractivity contribution is -0.149. The van der Waals surface area contributed by atoms with Crippen molar-refractivity contribution in [3.05, 3.63) is 29.8 Å². The third kappa shape index (κ3) is 2.79. The van der Waals surface area contributed by atoms with Crippen molar-refractivity contribution in [1.29, 1.82) is 0 Å². The van der Waals surface area contributed by atoms with Gasteiger partial charge in [0.1, 0.15) is 17.9 Å². The number of hydrogen-bond acceptors (Lipinski definition) is 4. The van der Waals surface area contributed by atoms with Crippen molar-refractivity contribution in [2.24, 2.45) is 0 Å². The summed E-state index contributed by atoms with van der Waals surface area (Å²) < 4.78 is 10.2. The van der Waals surface area contributed by atoms with Crippen LogP contribution in [0.5, 0.6) is 5.75 Å². The van der Waals surface area contributed by atoms with Crippen molar-refractivity contribution in [1.82, 2.24) is 10.2 Å². The lowest BCUT2D eigenvalue weighted by atomic mass is 10.1. The van der Waals surface area contributed by atoms with E-state index < -0.39 is 6.04 Å². The Balaban J connectivity index is 1.47. The minimum atomic E-state index is -0.393. The van der Waals surface area contributed by atoms with Gasteiger partial charge in [-0.25, -0.2) is 9.59 Å². The predicted molar refractivity (Wildman–Crippen MR) is 75.1 cm³/mol. The Bertz CT molecular complexity index is 543. The first-order valence-electron chi connectivity index (χ1n) is 7.05. The molecule has 21 heavy (non-hydrogen) atoms. The molecule has 2 fully saturated rings.